The normalized spacial score (nSPS) is 19.0. The zero-order valence-corrected chi connectivity index (χ0v) is 8.55. The number of nitrogens with two attached hydrogens (primary N) is 1. The van der Waals surface area contributed by atoms with Crippen LogP contribution in [0.5, 0.6) is 5.75 Å². The Bertz CT molecular complexity index is 385. The molecule has 0 amide bonds. The predicted octanol–water partition coefficient (Wildman–Crippen LogP) is 2.92. The van der Waals surface area contributed by atoms with Gasteiger partial charge < -0.3 is 10.5 Å². The SMILES string of the molecule is NC1(c2ccccc2OC(F)(F)F)CCC1. The molecular weight excluding hydrogens is 219 g/mol. The van der Waals surface area contributed by atoms with Crippen LogP contribution < -0.4 is 10.5 Å². The maximum Gasteiger partial charge on any atom is 0.573 e. The van der Waals surface area contributed by atoms with Crippen LogP contribution in [-0.4, -0.2) is 6.36 Å². The van der Waals surface area contributed by atoms with Gasteiger partial charge in [-0.2, -0.15) is 0 Å². The van der Waals surface area contributed by atoms with E-state index in [0.717, 1.165) is 6.42 Å². The maximum absolute atomic E-state index is 12.2. The molecule has 1 aromatic rings. The van der Waals surface area contributed by atoms with Gasteiger partial charge >= 0.3 is 6.36 Å². The van der Waals surface area contributed by atoms with E-state index < -0.39 is 11.9 Å². The number of benzene rings is 1. The molecule has 16 heavy (non-hydrogen) atoms. The summed E-state index contributed by atoms with van der Waals surface area (Å²) in [4.78, 5) is 0. The highest BCUT2D eigenvalue weighted by molar-refractivity contribution is 5.40. The first-order valence-corrected chi connectivity index (χ1v) is 5.05. The van der Waals surface area contributed by atoms with Crippen molar-refractivity contribution < 1.29 is 17.9 Å². The molecule has 0 radical (unpaired) electrons. The van der Waals surface area contributed by atoms with Gasteiger partial charge in [-0.15, -0.1) is 13.2 Å². The van der Waals surface area contributed by atoms with E-state index in [1.54, 1.807) is 12.1 Å². The van der Waals surface area contributed by atoms with Gasteiger partial charge in [0, 0.05) is 11.1 Å². The van der Waals surface area contributed by atoms with Crippen molar-refractivity contribution in [3.63, 3.8) is 0 Å². The minimum atomic E-state index is -4.67. The first kappa shape index (κ1) is 11.3. The highest BCUT2D eigenvalue weighted by Gasteiger charge is 2.39. The number of rotatable bonds is 2. The van der Waals surface area contributed by atoms with E-state index in [9.17, 15) is 13.2 Å². The zero-order valence-electron chi connectivity index (χ0n) is 8.55. The van der Waals surface area contributed by atoms with Crippen molar-refractivity contribution in [3.8, 4) is 5.75 Å². The molecule has 1 aliphatic carbocycles. The summed E-state index contributed by atoms with van der Waals surface area (Å²) >= 11 is 0. The molecule has 2 nitrogen and oxygen atoms in total. The number of halogens is 3. The molecule has 0 spiro atoms. The van der Waals surface area contributed by atoms with E-state index in [1.165, 1.54) is 12.1 Å². The lowest BCUT2D eigenvalue weighted by Gasteiger charge is -2.39. The average Bonchev–Trinajstić information content (AvgIpc) is 2.12. The van der Waals surface area contributed by atoms with Gasteiger partial charge in [-0.1, -0.05) is 18.2 Å². The topological polar surface area (TPSA) is 35.2 Å². The van der Waals surface area contributed by atoms with Gasteiger partial charge in [0.25, 0.3) is 0 Å². The van der Waals surface area contributed by atoms with Crippen LogP contribution in [0.1, 0.15) is 24.8 Å². The van der Waals surface area contributed by atoms with Crippen molar-refractivity contribution in [2.45, 2.75) is 31.2 Å². The minimum Gasteiger partial charge on any atom is -0.405 e. The standard InChI is InChI=1S/C11H12F3NO/c12-11(13,14)16-9-5-2-1-4-8(9)10(15)6-3-7-10/h1-2,4-5H,3,6-7,15H2. The molecule has 1 fully saturated rings. The van der Waals surface area contributed by atoms with Crippen molar-refractivity contribution in [2.24, 2.45) is 5.73 Å². The van der Waals surface area contributed by atoms with Crippen molar-refractivity contribution in [3.05, 3.63) is 29.8 Å². The summed E-state index contributed by atoms with van der Waals surface area (Å²) in [6, 6.07) is 6.08. The van der Waals surface area contributed by atoms with Gasteiger partial charge in [0.2, 0.25) is 0 Å². The molecule has 0 bridgehead atoms. The molecule has 2 rings (SSSR count). The lowest BCUT2D eigenvalue weighted by Crippen LogP contribution is -2.43. The van der Waals surface area contributed by atoms with E-state index in [2.05, 4.69) is 4.74 Å². The predicted molar refractivity (Wildman–Crippen MR) is 52.8 cm³/mol. The highest BCUT2D eigenvalue weighted by atomic mass is 19.4. The van der Waals surface area contributed by atoms with Crippen molar-refractivity contribution in [1.29, 1.82) is 0 Å². The summed E-state index contributed by atoms with van der Waals surface area (Å²) in [5.41, 5.74) is 5.79. The summed E-state index contributed by atoms with van der Waals surface area (Å²) in [6.07, 6.45) is -2.33. The molecule has 1 aromatic carbocycles. The summed E-state index contributed by atoms with van der Waals surface area (Å²) in [5, 5.41) is 0. The second-order valence-electron chi connectivity index (χ2n) is 4.05. The summed E-state index contributed by atoms with van der Waals surface area (Å²) < 4.78 is 40.5. The van der Waals surface area contributed by atoms with Crippen LogP contribution in [0.15, 0.2) is 24.3 Å². The molecule has 2 N–H and O–H groups in total. The Kier molecular flexibility index (Phi) is 2.58. The maximum atomic E-state index is 12.2. The number of alkyl halides is 3. The molecule has 0 heterocycles. The molecule has 0 saturated heterocycles. The summed E-state index contributed by atoms with van der Waals surface area (Å²) in [5.74, 6) is -0.183. The van der Waals surface area contributed by atoms with Crippen LogP contribution in [0.25, 0.3) is 0 Å². The van der Waals surface area contributed by atoms with E-state index in [1.807, 2.05) is 0 Å². The van der Waals surface area contributed by atoms with Crippen LogP contribution in [-0.2, 0) is 5.54 Å². The fraction of sp³-hybridized carbons (Fsp3) is 0.455. The second-order valence-corrected chi connectivity index (χ2v) is 4.05. The van der Waals surface area contributed by atoms with Crippen LogP contribution >= 0.6 is 0 Å². The molecule has 0 unspecified atom stereocenters. The van der Waals surface area contributed by atoms with E-state index in [-0.39, 0.29) is 5.75 Å². The molecule has 5 heteroatoms. The molecule has 1 aliphatic rings. The Morgan fingerprint density at radius 1 is 1.19 bits per heavy atom. The fourth-order valence-electron chi connectivity index (χ4n) is 1.92. The lowest BCUT2D eigenvalue weighted by molar-refractivity contribution is -0.275. The van der Waals surface area contributed by atoms with Crippen LogP contribution in [0.3, 0.4) is 0 Å². The van der Waals surface area contributed by atoms with Gasteiger partial charge in [-0.25, -0.2) is 0 Å². The zero-order chi connectivity index (χ0) is 11.8. The Morgan fingerprint density at radius 2 is 1.81 bits per heavy atom. The van der Waals surface area contributed by atoms with Crippen molar-refractivity contribution in [2.75, 3.05) is 0 Å². The minimum absolute atomic E-state index is 0.183. The van der Waals surface area contributed by atoms with Crippen LogP contribution in [0.2, 0.25) is 0 Å². The largest absolute Gasteiger partial charge is 0.573 e. The fourth-order valence-corrected chi connectivity index (χ4v) is 1.92. The first-order chi connectivity index (χ1) is 7.41. The van der Waals surface area contributed by atoms with Gasteiger partial charge in [0.05, 0.1) is 0 Å². The highest BCUT2D eigenvalue weighted by Crippen LogP contribution is 2.43. The third kappa shape index (κ3) is 2.14. The Hall–Kier alpha value is -1.23. The summed E-state index contributed by atoms with van der Waals surface area (Å²) in [6.45, 7) is 0. The average molecular weight is 231 g/mol. The van der Waals surface area contributed by atoms with E-state index >= 15 is 0 Å². The number of hydrogen-bond acceptors (Lipinski definition) is 2. The van der Waals surface area contributed by atoms with Crippen LogP contribution in [0.4, 0.5) is 13.2 Å². The lowest BCUT2D eigenvalue weighted by atomic mass is 9.72. The Labute approximate surface area is 91.2 Å². The molecule has 0 atom stereocenters. The van der Waals surface area contributed by atoms with Gasteiger partial charge in [0.15, 0.2) is 0 Å². The number of para-hydroxylation sites is 1. The Balaban J connectivity index is 2.31. The molecular formula is C11H12F3NO. The third-order valence-electron chi connectivity index (χ3n) is 2.89. The molecule has 1 saturated carbocycles. The van der Waals surface area contributed by atoms with Crippen molar-refractivity contribution in [1.82, 2.24) is 0 Å². The summed E-state index contributed by atoms with van der Waals surface area (Å²) in [7, 11) is 0. The molecule has 0 aliphatic heterocycles. The smallest absolute Gasteiger partial charge is 0.405 e. The third-order valence-corrected chi connectivity index (χ3v) is 2.89. The molecule has 0 aromatic heterocycles. The van der Waals surface area contributed by atoms with Crippen molar-refractivity contribution >= 4 is 0 Å². The van der Waals surface area contributed by atoms with E-state index in [4.69, 9.17) is 5.73 Å². The van der Waals surface area contributed by atoms with E-state index in [0.29, 0.717) is 18.4 Å². The van der Waals surface area contributed by atoms with Gasteiger partial charge in [-0.3, -0.25) is 0 Å². The quantitative estimate of drug-likeness (QED) is 0.849. The number of ether oxygens (including phenoxy) is 1. The second kappa shape index (κ2) is 3.66. The first-order valence-electron chi connectivity index (χ1n) is 5.05. The van der Waals surface area contributed by atoms with Gasteiger partial charge in [-0.05, 0) is 25.3 Å². The van der Waals surface area contributed by atoms with Gasteiger partial charge in [0.1, 0.15) is 5.75 Å². The Morgan fingerprint density at radius 3 is 2.31 bits per heavy atom. The van der Waals surface area contributed by atoms with Crippen LogP contribution in [0, 0.1) is 0 Å². The monoisotopic (exact) mass is 231 g/mol. The molecule has 88 valence electrons. The number of hydrogen-bond donors (Lipinski definition) is 1.